The van der Waals surface area contributed by atoms with E-state index in [0.29, 0.717) is 30.0 Å². The van der Waals surface area contributed by atoms with Gasteiger partial charge in [-0.25, -0.2) is 0 Å². The molecule has 1 fully saturated rings. The minimum Gasteiger partial charge on any atom is -0.347 e. The quantitative estimate of drug-likeness (QED) is 0.841. The summed E-state index contributed by atoms with van der Waals surface area (Å²) in [6.45, 7) is 0.929. The molecule has 25 heavy (non-hydrogen) atoms. The normalized spacial score (nSPS) is 19.8. The zero-order valence-corrected chi connectivity index (χ0v) is 13.8. The van der Waals surface area contributed by atoms with E-state index in [-0.39, 0.29) is 24.3 Å². The van der Waals surface area contributed by atoms with Crippen LogP contribution < -0.4 is 5.32 Å². The van der Waals surface area contributed by atoms with Crippen LogP contribution in [0.15, 0.2) is 42.6 Å². The largest absolute Gasteiger partial charge is 0.347 e. The summed E-state index contributed by atoms with van der Waals surface area (Å²) in [6, 6.07) is 9.86. The number of nitrogens with zero attached hydrogens (tertiary/aromatic N) is 3. The van der Waals surface area contributed by atoms with E-state index in [1.807, 2.05) is 19.3 Å². The lowest BCUT2D eigenvalue weighted by molar-refractivity contribution is -0.121. The molecule has 1 unspecified atom stereocenters. The molecule has 2 aromatic rings. The van der Waals surface area contributed by atoms with Crippen LogP contribution in [0.25, 0.3) is 0 Å². The number of nitrogens with one attached hydrogen (secondary N) is 1. The summed E-state index contributed by atoms with van der Waals surface area (Å²) in [7, 11) is 1.81. The minimum absolute atomic E-state index is 0.130. The predicted molar refractivity (Wildman–Crippen MR) is 91.2 cm³/mol. The van der Waals surface area contributed by atoms with Crippen molar-refractivity contribution in [1.82, 2.24) is 14.4 Å². The van der Waals surface area contributed by atoms with Crippen LogP contribution >= 0.6 is 0 Å². The Labute approximate surface area is 144 Å². The van der Waals surface area contributed by atoms with Crippen molar-refractivity contribution in [3.63, 3.8) is 0 Å². The van der Waals surface area contributed by atoms with Crippen molar-refractivity contribution < 1.29 is 14.4 Å². The number of amides is 3. The summed E-state index contributed by atoms with van der Waals surface area (Å²) in [6.07, 6.45) is 1.81. The lowest BCUT2D eigenvalue weighted by Crippen LogP contribution is -2.59. The van der Waals surface area contributed by atoms with Crippen LogP contribution in [0.2, 0.25) is 0 Å². The van der Waals surface area contributed by atoms with Gasteiger partial charge in [-0.2, -0.15) is 0 Å². The van der Waals surface area contributed by atoms with E-state index in [0.717, 1.165) is 0 Å². The maximum atomic E-state index is 12.8. The van der Waals surface area contributed by atoms with E-state index in [4.69, 9.17) is 0 Å². The van der Waals surface area contributed by atoms with Gasteiger partial charge in [0.05, 0.1) is 17.8 Å². The third-order valence-corrected chi connectivity index (χ3v) is 4.81. The van der Waals surface area contributed by atoms with Gasteiger partial charge in [0.1, 0.15) is 11.7 Å². The molecular weight excluding hydrogens is 320 g/mol. The van der Waals surface area contributed by atoms with Crippen molar-refractivity contribution in [3.8, 4) is 0 Å². The fraction of sp³-hybridized carbons (Fsp3) is 0.278. The van der Waals surface area contributed by atoms with Gasteiger partial charge in [0.15, 0.2) is 0 Å². The zero-order chi connectivity index (χ0) is 17.6. The van der Waals surface area contributed by atoms with Crippen LogP contribution in [-0.4, -0.2) is 57.8 Å². The number of aryl methyl sites for hydroxylation is 1. The van der Waals surface area contributed by atoms with E-state index in [2.05, 4.69) is 5.32 Å². The van der Waals surface area contributed by atoms with Gasteiger partial charge in [0.2, 0.25) is 5.91 Å². The third kappa shape index (κ3) is 2.48. The molecule has 1 atom stereocenters. The second-order valence-electron chi connectivity index (χ2n) is 6.30. The van der Waals surface area contributed by atoms with Crippen molar-refractivity contribution in [2.75, 3.05) is 25.0 Å². The van der Waals surface area contributed by atoms with Crippen LogP contribution in [-0.2, 0) is 11.8 Å². The standard InChI is InChI=1S/C18H18N4O3/c1-20-8-4-7-14(20)18(25)21-9-10-22-15(11-21)16(23)19-13-6-3-2-5-12(13)17(22)24/h2-8,15H,9-11H2,1H3,(H,19,23). The van der Waals surface area contributed by atoms with E-state index in [1.165, 1.54) is 0 Å². The number of hydrogen-bond donors (Lipinski definition) is 1. The third-order valence-electron chi connectivity index (χ3n) is 4.81. The molecule has 0 radical (unpaired) electrons. The molecule has 0 bridgehead atoms. The molecule has 1 aromatic carbocycles. The number of fused-ring (bicyclic) bond motifs is 2. The van der Waals surface area contributed by atoms with Crippen molar-refractivity contribution >= 4 is 23.4 Å². The predicted octanol–water partition coefficient (Wildman–Crippen LogP) is 0.944. The maximum Gasteiger partial charge on any atom is 0.270 e. The maximum absolute atomic E-state index is 12.8. The monoisotopic (exact) mass is 338 g/mol. The van der Waals surface area contributed by atoms with Gasteiger partial charge in [0.25, 0.3) is 11.8 Å². The molecule has 0 spiro atoms. The summed E-state index contributed by atoms with van der Waals surface area (Å²) < 4.78 is 1.75. The van der Waals surface area contributed by atoms with Gasteiger partial charge in [-0.15, -0.1) is 0 Å². The number of carbonyl (C=O) groups is 3. The van der Waals surface area contributed by atoms with E-state index >= 15 is 0 Å². The van der Waals surface area contributed by atoms with Crippen LogP contribution in [0.4, 0.5) is 5.69 Å². The number of rotatable bonds is 1. The summed E-state index contributed by atoms with van der Waals surface area (Å²) in [5, 5.41) is 2.81. The Balaban J connectivity index is 1.62. The van der Waals surface area contributed by atoms with Gasteiger partial charge < -0.3 is 19.7 Å². The van der Waals surface area contributed by atoms with E-state index < -0.39 is 6.04 Å². The number of aromatic nitrogens is 1. The first-order valence-corrected chi connectivity index (χ1v) is 8.18. The first-order valence-electron chi connectivity index (χ1n) is 8.18. The Morgan fingerprint density at radius 1 is 1.12 bits per heavy atom. The number of para-hydroxylation sites is 1. The van der Waals surface area contributed by atoms with Crippen molar-refractivity contribution in [3.05, 3.63) is 53.9 Å². The molecule has 3 heterocycles. The molecule has 1 saturated heterocycles. The van der Waals surface area contributed by atoms with Gasteiger partial charge in [0, 0.05) is 26.3 Å². The highest BCUT2D eigenvalue weighted by molar-refractivity contribution is 6.10. The van der Waals surface area contributed by atoms with E-state index in [9.17, 15) is 14.4 Å². The number of benzene rings is 1. The summed E-state index contributed by atoms with van der Waals surface area (Å²) >= 11 is 0. The van der Waals surface area contributed by atoms with Gasteiger partial charge >= 0.3 is 0 Å². The number of anilines is 1. The molecule has 2 aliphatic rings. The SMILES string of the molecule is Cn1cccc1C(=O)N1CCN2C(=O)c3ccccc3NC(=O)C2C1. The molecule has 0 aliphatic carbocycles. The molecule has 2 aliphatic heterocycles. The van der Waals surface area contributed by atoms with Gasteiger partial charge in [-0.3, -0.25) is 14.4 Å². The highest BCUT2D eigenvalue weighted by atomic mass is 16.2. The van der Waals surface area contributed by atoms with Gasteiger partial charge in [-0.05, 0) is 24.3 Å². The highest BCUT2D eigenvalue weighted by Crippen LogP contribution is 2.25. The Morgan fingerprint density at radius 2 is 1.92 bits per heavy atom. The van der Waals surface area contributed by atoms with Crippen molar-refractivity contribution in [2.45, 2.75) is 6.04 Å². The molecule has 1 N–H and O–H groups in total. The molecular formula is C18H18N4O3. The van der Waals surface area contributed by atoms with Crippen LogP contribution in [0.5, 0.6) is 0 Å². The van der Waals surface area contributed by atoms with Crippen LogP contribution in [0, 0.1) is 0 Å². The number of hydrogen-bond acceptors (Lipinski definition) is 3. The van der Waals surface area contributed by atoms with E-state index in [1.54, 1.807) is 44.7 Å². The zero-order valence-electron chi connectivity index (χ0n) is 13.8. The molecule has 7 heteroatoms. The fourth-order valence-electron chi connectivity index (χ4n) is 3.43. The Morgan fingerprint density at radius 3 is 2.68 bits per heavy atom. The lowest BCUT2D eigenvalue weighted by atomic mass is 10.1. The fourth-order valence-corrected chi connectivity index (χ4v) is 3.43. The molecule has 0 saturated carbocycles. The average molecular weight is 338 g/mol. The Bertz CT molecular complexity index is 873. The first kappa shape index (κ1) is 15.4. The van der Waals surface area contributed by atoms with Crippen LogP contribution in [0.1, 0.15) is 20.8 Å². The second kappa shape index (κ2) is 5.77. The molecule has 1 aromatic heterocycles. The Kier molecular flexibility index (Phi) is 3.56. The summed E-state index contributed by atoms with van der Waals surface area (Å²) in [5.41, 5.74) is 1.57. The number of carbonyl (C=O) groups excluding carboxylic acids is 3. The average Bonchev–Trinajstić information content (AvgIpc) is 3.02. The molecule has 7 nitrogen and oxygen atoms in total. The molecule has 128 valence electrons. The van der Waals surface area contributed by atoms with Crippen molar-refractivity contribution in [2.24, 2.45) is 7.05 Å². The van der Waals surface area contributed by atoms with Gasteiger partial charge in [-0.1, -0.05) is 12.1 Å². The second-order valence-corrected chi connectivity index (χ2v) is 6.30. The topological polar surface area (TPSA) is 74.7 Å². The summed E-state index contributed by atoms with van der Waals surface area (Å²) in [5.74, 6) is -0.568. The van der Waals surface area contributed by atoms with Crippen LogP contribution in [0.3, 0.4) is 0 Å². The number of piperazine rings is 1. The smallest absolute Gasteiger partial charge is 0.270 e. The van der Waals surface area contributed by atoms with Crippen molar-refractivity contribution in [1.29, 1.82) is 0 Å². The first-order chi connectivity index (χ1) is 12.1. The lowest BCUT2D eigenvalue weighted by Gasteiger charge is -2.39. The summed E-state index contributed by atoms with van der Waals surface area (Å²) in [4.78, 5) is 41.4. The minimum atomic E-state index is -0.683. The molecule has 3 amide bonds. The Hall–Kier alpha value is -3.09. The highest BCUT2D eigenvalue weighted by Gasteiger charge is 2.40. The molecule has 4 rings (SSSR count).